The molecular formula is C18H14ClN3OS. The zero-order chi connectivity index (χ0) is 16.4. The van der Waals surface area contributed by atoms with Crippen LogP contribution in [0.5, 0.6) is 5.75 Å². The zero-order valence-electron chi connectivity index (χ0n) is 12.7. The van der Waals surface area contributed by atoms with Crippen molar-refractivity contribution in [3.8, 4) is 17.0 Å². The van der Waals surface area contributed by atoms with Gasteiger partial charge in [-0.25, -0.2) is 4.98 Å². The van der Waals surface area contributed by atoms with Crippen molar-refractivity contribution in [2.75, 3.05) is 12.0 Å². The van der Waals surface area contributed by atoms with Gasteiger partial charge in [0.15, 0.2) is 0 Å². The van der Waals surface area contributed by atoms with E-state index in [2.05, 4.69) is 15.5 Å². The number of aromatic nitrogens is 1. The molecule has 1 aliphatic rings. The lowest BCUT2D eigenvalue weighted by Crippen LogP contribution is -2.17. The summed E-state index contributed by atoms with van der Waals surface area (Å²) in [5.74, 6) is 0.880. The Hall–Kier alpha value is -2.37. The van der Waals surface area contributed by atoms with E-state index in [1.807, 2.05) is 53.9 Å². The number of hydrazone groups is 1. The quantitative estimate of drug-likeness (QED) is 0.668. The van der Waals surface area contributed by atoms with Gasteiger partial charge in [-0.2, -0.15) is 5.10 Å². The highest BCUT2D eigenvalue weighted by Crippen LogP contribution is 2.27. The summed E-state index contributed by atoms with van der Waals surface area (Å²) in [6.45, 7) is 0.644. The van der Waals surface area contributed by atoms with E-state index >= 15 is 0 Å². The third kappa shape index (κ3) is 3.13. The van der Waals surface area contributed by atoms with Crippen LogP contribution in [0, 0.1) is 0 Å². The average molecular weight is 356 g/mol. The number of nitrogens with zero attached hydrogens (tertiary/aromatic N) is 2. The lowest BCUT2D eigenvalue weighted by molar-refractivity contribution is 0.320. The Morgan fingerprint density at radius 2 is 1.96 bits per heavy atom. The Kier molecular flexibility index (Phi) is 4.19. The summed E-state index contributed by atoms with van der Waals surface area (Å²) in [5, 5.41) is 8.01. The monoisotopic (exact) mass is 355 g/mol. The number of anilines is 1. The molecule has 1 aliphatic heterocycles. The van der Waals surface area contributed by atoms with Gasteiger partial charge in [0.2, 0.25) is 5.13 Å². The summed E-state index contributed by atoms with van der Waals surface area (Å²) in [7, 11) is 0. The predicted molar refractivity (Wildman–Crippen MR) is 99.3 cm³/mol. The molecule has 0 amide bonds. The van der Waals surface area contributed by atoms with Crippen molar-refractivity contribution in [2.45, 2.75) is 6.42 Å². The second-order valence-corrected chi connectivity index (χ2v) is 6.60. The Morgan fingerprint density at radius 3 is 2.83 bits per heavy atom. The van der Waals surface area contributed by atoms with E-state index in [1.54, 1.807) is 0 Å². The molecule has 4 rings (SSSR count). The maximum Gasteiger partial charge on any atom is 0.203 e. The van der Waals surface area contributed by atoms with Crippen molar-refractivity contribution in [3.05, 3.63) is 64.5 Å². The summed E-state index contributed by atoms with van der Waals surface area (Å²) < 4.78 is 5.64. The van der Waals surface area contributed by atoms with Gasteiger partial charge in [0.1, 0.15) is 5.75 Å². The topological polar surface area (TPSA) is 46.5 Å². The van der Waals surface area contributed by atoms with E-state index in [0.29, 0.717) is 6.61 Å². The third-order valence-corrected chi connectivity index (χ3v) is 4.72. The minimum atomic E-state index is 0.644. The van der Waals surface area contributed by atoms with Crippen LogP contribution in [-0.4, -0.2) is 17.3 Å². The minimum Gasteiger partial charge on any atom is -0.492 e. The first-order valence-electron chi connectivity index (χ1n) is 7.56. The number of thiazole rings is 1. The number of hydrogen-bond donors (Lipinski definition) is 1. The molecule has 1 N–H and O–H groups in total. The Bertz CT molecular complexity index is 889. The molecule has 0 fully saturated rings. The number of nitrogens with one attached hydrogen (secondary N) is 1. The highest BCUT2D eigenvalue weighted by Gasteiger charge is 2.16. The smallest absolute Gasteiger partial charge is 0.203 e. The fourth-order valence-corrected chi connectivity index (χ4v) is 3.32. The third-order valence-electron chi connectivity index (χ3n) is 3.73. The van der Waals surface area contributed by atoms with Gasteiger partial charge in [-0.3, -0.25) is 5.43 Å². The molecule has 6 heteroatoms. The van der Waals surface area contributed by atoms with Crippen LogP contribution < -0.4 is 10.2 Å². The average Bonchev–Trinajstić information content (AvgIpc) is 3.09. The van der Waals surface area contributed by atoms with Crippen LogP contribution >= 0.6 is 22.9 Å². The number of ether oxygens (including phenoxy) is 1. The molecule has 0 unspecified atom stereocenters. The van der Waals surface area contributed by atoms with E-state index in [-0.39, 0.29) is 0 Å². The summed E-state index contributed by atoms with van der Waals surface area (Å²) in [4.78, 5) is 4.58. The second-order valence-electron chi connectivity index (χ2n) is 5.31. The molecule has 0 saturated carbocycles. The first-order valence-corrected chi connectivity index (χ1v) is 8.81. The summed E-state index contributed by atoms with van der Waals surface area (Å²) in [6.07, 6.45) is 0.777. The van der Waals surface area contributed by atoms with Gasteiger partial charge in [0, 0.05) is 28.0 Å². The molecule has 0 atom stereocenters. The van der Waals surface area contributed by atoms with E-state index in [9.17, 15) is 0 Å². The maximum absolute atomic E-state index is 5.92. The molecule has 0 radical (unpaired) electrons. The minimum absolute atomic E-state index is 0.644. The van der Waals surface area contributed by atoms with Crippen LogP contribution in [0.3, 0.4) is 0 Å². The van der Waals surface area contributed by atoms with Crippen molar-refractivity contribution >= 4 is 33.8 Å². The van der Waals surface area contributed by atoms with Crippen molar-refractivity contribution in [1.82, 2.24) is 4.98 Å². The van der Waals surface area contributed by atoms with Crippen molar-refractivity contribution < 1.29 is 4.74 Å². The van der Waals surface area contributed by atoms with Crippen LogP contribution in [0.25, 0.3) is 11.3 Å². The molecule has 4 nitrogen and oxygen atoms in total. The predicted octanol–water partition coefficient (Wildman–Crippen LogP) is 5.06. The van der Waals surface area contributed by atoms with Gasteiger partial charge in [0.25, 0.3) is 0 Å². The Labute approximate surface area is 148 Å². The van der Waals surface area contributed by atoms with Crippen LogP contribution in [0.1, 0.15) is 12.0 Å². The van der Waals surface area contributed by atoms with Crippen molar-refractivity contribution in [2.24, 2.45) is 5.10 Å². The lowest BCUT2D eigenvalue weighted by atomic mass is 10.0. The first kappa shape index (κ1) is 15.2. The van der Waals surface area contributed by atoms with Gasteiger partial charge in [-0.05, 0) is 24.3 Å². The molecule has 0 aliphatic carbocycles. The van der Waals surface area contributed by atoms with Crippen molar-refractivity contribution in [3.63, 3.8) is 0 Å². The first-order chi connectivity index (χ1) is 11.8. The number of hydrogen-bond acceptors (Lipinski definition) is 5. The highest BCUT2D eigenvalue weighted by atomic mass is 35.5. The molecule has 3 aromatic rings. The van der Waals surface area contributed by atoms with Crippen LogP contribution in [-0.2, 0) is 0 Å². The number of benzene rings is 2. The van der Waals surface area contributed by atoms with E-state index in [0.717, 1.165) is 44.9 Å². The van der Waals surface area contributed by atoms with E-state index in [1.165, 1.54) is 11.3 Å². The number of halogens is 1. The Balaban J connectivity index is 1.54. The molecule has 0 saturated heterocycles. The molecule has 24 heavy (non-hydrogen) atoms. The molecule has 2 aromatic carbocycles. The number of fused-ring (bicyclic) bond motifs is 1. The number of para-hydroxylation sites is 1. The van der Waals surface area contributed by atoms with Crippen LogP contribution in [0.15, 0.2) is 59.0 Å². The number of rotatable bonds is 3. The van der Waals surface area contributed by atoms with E-state index in [4.69, 9.17) is 16.3 Å². The van der Waals surface area contributed by atoms with Crippen LogP contribution in [0.2, 0.25) is 5.02 Å². The van der Waals surface area contributed by atoms with E-state index < -0.39 is 0 Å². The largest absolute Gasteiger partial charge is 0.492 e. The SMILES string of the molecule is Clc1ccc(-c2csc(N/N=C3/CCOc4ccccc43)n2)cc1. The molecule has 2 heterocycles. The Morgan fingerprint density at radius 1 is 1.12 bits per heavy atom. The van der Waals surface area contributed by atoms with Gasteiger partial charge in [0.05, 0.1) is 18.0 Å². The normalized spacial score (nSPS) is 15.0. The molecule has 1 aromatic heterocycles. The highest BCUT2D eigenvalue weighted by molar-refractivity contribution is 7.14. The van der Waals surface area contributed by atoms with Crippen molar-refractivity contribution in [1.29, 1.82) is 0 Å². The molecular weight excluding hydrogens is 342 g/mol. The zero-order valence-corrected chi connectivity index (χ0v) is 14.3. The molecule has 0 bridgehead atoms. The summed E-state index contributed by atoms with van der Waals surface area (Å²) in [6, 6.07) is 15.6. The van der Waals surface area contributed by atoms with Gasteiger partial charge < -0.3 is 4.74 Å². The maximum atomic E-state index is 5.92. The molecule has 0 spiro atoms. The fraction of sp³-hybridized carbons (Fsp3) is 0.111. The second kappa shape index (κ2) is 6.63. The van der Waals surface area contributed by atoms with Crippen LogP contribution in [0.4, 0.5) is 5.13 Å². The molecule has 120 valence electrons. The summed E-state index contributed by atoms with van der Waals surface area (Å²) in [5.41, 5.74) is 7.03. The lowest BCUT2D eigenvalue weighted by Gasteiger charge is -2.18. The standard InChI is InChI=1S/C18H14ClN3OS/c19-13-7-5-12(6-8-13)16-11-24-18(20-16)22-21-15-9-10-23-17-4-2-1-3-14(15)17/h1-8,11H,9-10H2,(H,20,22)/b21-15-. The van der Waals surface area contributed by atoms with Gasteiger partial charge in [-0.1, -0.05) is 35.9 Å². The fourth-order valence-electron chi connectivity index (χ4n) is 2.53. The van der Waals surface area contributed by atoms with Gasteiger partial charge in [-0.15, -0.1) is 11.3 Å². The summed E-state index contributed by atoms with van der Waals surface area (Å²) >= 11 is 7.45. The van der Waals surface area contributed by atoms with Gasteiger partial charge >= 0.3 is 0 Å².